The minimum absolute atomic E-state index is 0.0350. The van der Waals surface area contributed by atoms with Gasteiger partial charge in [0.1, 0.15) is 71.2 Å². The second-order valence-corrected chi connectivity index (χ2v) is 20.2. The van der Waals surface area contributed by atoms with Gasteiger partial charge in [-0.15, -0.1) is 0 Å². The Balaban J connectivity index is 1.36. The lowest BCUT2D eigenvalue weighted by molar-refractivity contribution is -0.143. The highest BCUT2D eigenvalue weighted by atomic mass is 35.5. The average Bonchev–Trinajstić information content (AvgIpc) is 3.39. The summed E-state index contributed by atoms with van der Waals surface area (Å²) in [7, 11) is 1.50. The van der Waals surface area contributed by atoms with Gasteiger partial charge < -0.3 is 88.2 Å². The molecule has 27 heteroatoms. The topological polar surface area (TPSA) is 407 Å². The number of nitrogens with one attached hydrogen (secondary N) is 7. The van der Waals surface area contributed by atoms with Gasteiger partial charge in [0.2, 0.25) is 47.1 Å². The molecule has 9 atom stereocenters. The molecular formula is C53H52Cl2N8O17. The summed E-state index contributed by atoms with van der Waals surface area (Å²) in [5.74, 6) is -15.0. The second kappa shape index (κ2) is 23.2. The molecule has 0 saturated heterocycles. The Labute approximate surface area is 463 Å². The number of aliphatic carboxylic acids is 1. The first-order chi connectivity index (χ1) is 37.8. The molecule has 5 aliphatic rings. The van der Waals surface area contributed by atoms with Crippen molar-refractivity contribution in [3.05, 3.63) is 117 Å². The number of ether oxygens (including phenoxy) is 2. The minimum Gasteiger partial charge on any atom is -0.508 e. The number of benzene rings is 5. The summed E-state index contributed by atoms with van der Waals surface area (Å²) >= 11 is 13.5. The molecule has 0 radical (unpaired) electrons. The summed E-state index contributed by atoms with van der Waals surface area (Å²) in [6, 6.07) is 0.577. The van der Waals surface area contributed by atoms with Crippen molar-refractivity contribution in [2.75, 3.05) is 7.05 Å². The van der Waals surface area contributed by atoms with Gasteiger partial charge in [0, 0.05) is 22.8 Å². The van der Waals surface area contributed by atoms with E-state index in [4.69, 9.17) is 38.4 Å². The Kier molecular flexibility index (Phi) is 16.6. The molecule has 0 saturated carbocycles. The van der Waals surface area contributed by atoms with Gasteiger partial charge >= 0.3 is 5.97 Å². The van der Waals surface area contributed by atoms with Crippen LogP contribution < -0.4 is 52.4 Å². The number of halogens is 2. The quantitative estimate of drug-likeness (QED) is 0.106. The van der Waals surface area contributed by atoms with Crippen LogP contribution in [0.2, 0.25) is 10.0 Å². The lowest BCUT2D eigenvalue weighted by Gasteiger charge is -2.31. The normalized spacial score (nSPS) is 22.4. The molecule has 80 heavy (non-hydrogen) atoms. The lowest BCUT2D eigenvalue weighted by atomic mass is 9.89. The lowest BCUT2D eigenvalue weighted by Crippen LogP contribution is -2.59. The van der Waals surface area contributed by atoms with Crippen LogP contribution in [0.5, 0.6) is 46.0 Å². The number of aliphatic hydroxyl groups excluding tert-OH is 2. The number of hydrogen-bond donors (Lipinski definition) is 15. The molecule has 11 bridgehead atoms. The van der Waals surface area contributed by atoms with Crippen LogP contribution in [-0.2, 0) is 38.4 Å². The monoisotopic (exact) mass is 1140 g/mol. The van der Waals surface area contributed by atoms with Crippen LogP contribution in [0, 0.1) is 5.92 Å². The van der Waals surface area contributed by atoms with Crippen molar-refractivity contribution in [2.45, 2.75) is 81.2 Å². The highest BCUT2D eigenvalue weighted by Crippen LogP contribution is 2.47. The first-order valence-electron chi connectivity index (χ1n) is 24.4. The number of likely N-dealkylation sites (N-methyl/N-ethyl adjacent to an activating group) is 1. The highest BCUT2D eigenvalue weighted by molar-refractivity contribution is 6.32. The van der Waals surface area contributed by atoms with Gasteiger partial charge in [-0.3, -0.25) is 33.6 Å². The first kappa shape index (κ1) is 57.3. The SMILES string of the molecule is CN[C@H](CC(C)C)C(=O)NC1C(=O)N[C@@H](CC(N)=O)C(=O)N[C@H]2C(=O)N[C@H]3C(=O)N[C@H](C(=O)NC(C(=O)O)c4cc(O)cc(O)c4-c4cc3ccc4O)[C@H](O)c3ccc(c(Cl)c3)Oc3cc2cc(c3O)Oc2ccc(cc2Cl)[C@H]1O. The summed E-state index contributed by atoms with van der Waals surface area (Å²) < 4.78 is 12.2. The predicted octanol–water partition coefficient (Wildman–Crippen LogP) is 2.40. The summed E-state index contributed by atoms with van der Waals surface area (Å²) in [5.41, 5.74) is 3.31. The molecule has 5 heterocycles. The fourth-order valence-electron chi connectivity index (χ4n) is 9.34. The van der Waals surface area contributed by atoms with Crippen LogP contribution >= 0.6 is 23.2 Å². The zero-order valence-corrected chi connectivity index (χ0v) is 43.8. The van der Waals surface area contributed by atoms with E-state index in [9.17, 15) is 69.3 Å². The molecule has 10 rings (SSSR count). The Morgan fingerprint density at radius 2 is 1.23 bits per heavy atom. The number of carboxylic acid groups (broad SMARTS) is 1. The highest BCUT2D eigenvalue weighted by Gasteiger charge is 2.41. The molecule has 0 fully saturated rings. The van der Waals surface area contributed by atoms with Gasteiger partial charge in [-0.25, -0.2) is 4.79 Å². The van der Waals surface area contributed by atoms with Crippen molar-refractivity contribution in [1.29, 1.82) is 0 Å². The number of amides is 7. The van der Waals surface area contributed by atoms with Crippen molar-refractivity contribution in [3.63, 3.8) is 0 Å². The van der Waals surface area contributed by atoms with Crippen LogP contribution in [0.25, 0.3) is 11.1 Å². The summed E-state index contributed by atoms with van der Waals surface area (Å²) in [6.07, 6.45) is -4.77. The van der Waals surface area contributed by atoms with Gasteiger partial charge in [-0.1, -0.05) is 55.2 Å². The molecular weight excluding hydrogens is 1090 g/mol. The third-order valence-electron chi connectivity index (χ3n) is 13.3. The van der Waals surface area contributed by atoms with Crippen LogP contribution in [0.15, 0.2) is 78.9 Å². The number of carbonyl (C=O) groups is 8. The molecule has 2 unspecified atom stereocenters. The van der Waals surface area contributed by atoms with Gasteiger partial charge in [0.15, 0.2) is 17.5 Å². The minimum atomic E-state index is -2.19. The summed E-state index contributed by atoms with van der Waals surface area (Å²) in [4.78, 5) is 114. The Bertz CT molecular complexity index is 3380. The van der Waals surface area contributed by atoms with E-state index in [0.29, 0.717) is 0 Å². The van der Waals surface area contributed by atoms with Crippen molar-refractivity contribution in [3.8, 4) is 57.1 Å². The maximum Gasteiger partial charge on any atom is 0.330 e. The summed E-state index contributed by atoms with van der Waals surface area (Å²) in [6.45, 7) is 3.68. The number of primary amides is 1. The largest absolute Gasteiger partial charge is 0.508 e. The molecule has 0 spiro atoms. The van der Waals surface area contributed by atoms with Gasteiger partial charge in [-0.05, 0) is 96.2 Å². The van der Waals surface area contributed by atoms with Gasteiger partial charge in [0.05, 0.1) is 22.5 Å². The zero-order valence-electron chi connectivity index (χ0n) is 42.2. The zero-order chi connectivity index (χ0) is 58.2. The molecule has 0 aromatic heterocycles. The smallest absolute Gasteiger partial charge is 0.330 e. The van der Waals surface area contributed by atoms with Crippen LogP contribution in [-0.4, -0.2) is 114 Å². The van der Waals surface area contributed by atoms with Crippen LogP contribution in [0.3, 0.4) is 0 Å². The number of aliphatic hydroxyl groups is 2. The molecule has 0 aliphatic carbocycles. The average molecular weight is 1140 g/mol. The van der Waals surface area contributed by atoms with Crippen LogP contribution in [0.4, 0.5) is 0 Å². The number of phenolic OH excluding ortho intramolecular Hbond substituents is 4. The third kappa shape index (κ3) is 11.9. The molecule has 420 valence electrons. The van der Waals surface area contributed by atoms with E-state index in [1.165, 1.54) is 37.4 Å². The molecule has 25 nitrogen and oxygen atoms in total. The molecule has 5 aromatic rings. The number of phenols is 4. The third-order valence-corrected chi connectivity index (χ3v) is 13.9. The number of fused-ring (bicyclic) bond motifs is 15. The number of carboxylic acids is 1. The van der Waals surface area contributed by atoms with E-state index < -0.39 is 159 Å². The predicted molar refractivity (Wildman–Crippen MR) is 280 cm³/mol. The van der Waals surface area contributed by atoms with E-state index in [1.807, 2.05) is 13.8 Å². The van der Waals surface area contributed by atoms with Crippen molar-refractivity contribution >= 4 is 70.5 Å². The molecule has 5 aliphatic heterocycles. The van der Waals surface area contributed by atoms with E-state index in [-0.39, 0.29) is 56.1 Å². The fourth-order valence-corrected chi connectivity index (χ4v) is 9.80. The molecule has 7 amide bonds. The Morgan fingerprint density at radius 3 is 1.80 bits per heavy atom. The van der Waals surface area contributed by atoms with Crippen molar-refractivity contribution in [2.24, 2.45) is 11.7 Å². The van der Waals surface area contributed by atoms with Crippen molar-refractivity contribution < 1.29 is 83.6 Å². The van der Waals surface area contributed by atoms with E-state index in [2.05, 4.69) is 37.2 Å². The van der Waals surface area contributed by atoms with E-state index in [1.54, 1.807) is 0 Å². The maximum absolute atomic E-state index is 15.4. The Hall–Kier alpha value is -8.88. The van der Waals surface area contributed by atoms with E-state index in [0.717, 1.165) is 48.5 Å². The molecule has 5 aromatic carbocycles. The summed E-state index contributed by atoms with van der Waals surface area (Å²) in [5, 5.41) is 96.1. The van der Waals surface area contributed by atoms with Gasteiger partial charge in [0.25, 0.3) is 0 Å². The Morgan fingerprint density at radius 1 is 0.650 bits per heavy atom. The van der Waals surface area contributed by atoms with Crippen LogP contribution in [0.1, 0.15) is 84.8 Å². The van der Waals surface area contributed by atoms with E-state index >= 15 is 4.79 Å². The first-order valence-corrected chi connectivity index (χ1v) is 25.2. The fraction of sp³-hybridized carbons (Fsp3) is 0.283. The number of aromatic hydroxyl groups is 4. The number of nitrogens with two attached hydrogens (primary N) is 1. The maximum atomic E-state index is 15.4. The second-order valence-electron chi connectivity index (χ2n) is 19.4. The molecule has 16 N–H and O–H groups in total. The van der Waals surface area contributed by atoms with Crippen molar-refractivity contribution in [1.82, 2.24) is 37.2 Å². The standard InChI is InChI=1S/C53H52Cl2N8O17/c1-19(2)10-29(57-3)47(71)62-42-44(68)21-5-8-33(27(54)12-21)79-35-14-23-15-36(46(35)70)80-34-9-6-22(13-28(34)55)45(69)43-52(76)61-41(53(77)78)26-16-24(64)17-32(66)38(26)25-11-20(4-7-31(25)65)39(49(73)63-43)60-50(74)40(23)59-48(72)30(18-37(56)67)58-51(42)75/h4-9,11-17,19,29-30,39-45,57,64-66,68-70H,10,18H2,1-3H3,(H2,56,67)(H,58,75)(H,59,72)(H,60,74)(H,61,76)(H,62,71)(H,63,73)(H,77,78)/t29-,30+,39-,40-,41?,42?,43+,44-,45-/m1/s1. The van der Waals surface area contributed by atoms with Gasteiger partial charge in [-0.2, -0.15) is 0 Å². The number of carbonyl (C=O) groups excluding carboxylic acids is 7. The number of rotatable bonds is 8. The number of hydrogen-bond acceptors (Lipinski definition) is 17.